The van der Waals surface area contributed by atoms with Crippen LogP contribution < -0.4 is 10.6 Å². The Labute approximate surface area is 125 Å². The summed E-state index contributed by atoms with van der Waals surface area (Å²) in [6.07, 6.45) is 2.51. The van der Waals surface area contributed by atoms with Crippen molar-refractivity contribution in [1.29, 1.82) is 0 Å². The van der Waals surface area contributed by atoms with Gasteiger partial charge in [0, 0.05) is 13.2 Å². The van der Waals surface area contributed by atoms with Crippen molar-refractivity contribution in [1.82, 2.24) is 10.6 Å². The van der Waals surface area contributed by atoms with Gasteiger partial charge in [0.15, 0.2) is 6.10 Å². The monoisotopic (exact) mass is 298 g/mol. The fraction of sp³-hybridized carbons (Fsp3) is 0.867. The minimum absolute atomic E-state index is 0.0367. The third-order valence-electron chi connectivity index (χ3n) is 5.55. The van der Waals surface area contributed by atoms with Gasteiger partial charge in [0.2, 0.25) is 0 Å². The lowest BCUT2D eigenvalue weighted by Gasteiger charge is -2.43. The number of carbonyl (C=O) groups excluding carboxylic acids is 1. The molecular formula is C15H26N2O4. The average Bonchev–Trinajstić information content (AvgIpc) is 2.86. The summed E-state index contributed by atoms with van der Waals surface area (Å²) in [4.78, 5) is 22.9. The fourth-order valence-electron chi connectivity index (χ4n) is 4.30. The van der Waals surface area contributed by atoms with Gasteiger partial charge in [0.25, 0.3) is 0 Å². The molecule has 2 aliphatic rings. The molecule has 2 amide bonds. The van der Waals surface area contributed by atoms with Crippen molar-refractivity contribution >= 4 is 12.0 Å². The van der Waals surface area contributed by atoms with Crippen molar-refractivity contribution in [2.45, 2.75) is 52.2 Å². The molecule has 2 aliphatic carbocycles. The van der Waals surface area contributed by atoms with Crippen LogP contribution in [0.25, 0.3) is 0 Å². The molecule has 3 N–H and O–H groups in total. The Morgan fingerprint density at radius 1 is 1.38 bits per heavy atom. The first kappa shape index (κ1) is 16.1. The molecule has 4 unspecified atom stereocenters. The SMILES string of the molecule is COC(CNC(=O)NC1C2(C)CCC(C2)C1(C)C)C(=O)O. The number of amides is 2. The largest absolute Gasteiger partial charge is 0.479 e. The molecule has 0 heterocycles. The molecule has 2 fully saturated rings. The maximum absolute atomic E-state index is 12.1. The molecule has 0 aliphatic heterocycles. The Balaban J connectivity index is 1.92. The lowest BCUT2D eigenvalue weighted by Crippen LogP contribution is -2.55. The fourth-order valence-corrected chi connectivity index (χ4v) is 4.30. The minimum atomic E-state index is -1.08. The van der Waals surface area contributed by atoms with E-state index in [-0.39, 0.29) is 29.4 Å². The molecule has 21 heavy (non-hydrogen) atoms. The van der Waals surface area contributed by atoms with Crippen molar-refractivity contribution in [2.75, 3.05) is 13.7 Å². The van der Waals surface area contributed by atoms with E-state index in [9.17, 15) is 9.59 Å². The zero-order valence-electron chi connectivity index (χ0n) is 13.2. The second-order valence-electron chi connectivity index (χ2n) is 7.27. The number of fused-ring (bicyclic) bond motifs is 2. The molecule has 0 spiro atoms. The van der Waals surface area contributed by atoms with E-state index in [1.807, 2.05) is 0 Å². The second-order valence-corrected chi connectivity index (χ2v) is 7.27. The molecule has 2 bridgehead atoms. The van der Waals surface area contributed by atoms with E-state index in [4.69, 9.17) is 9.84 Å². The number of carboxylic acids is 1. The lowest BCUT2D eigenvalue weighted by atomic mass is 9.68. The molecule has 120 valence electrons. The van der Waals surface area contributed by atoms with Crippen LogP contribution in [0.5, 0.6) is 0 Å². The van der Waals surface area contributed by atoms with Crippen molar-refractivity contribution < 1.29 is 19.4 Å². The first-order valence-corrected chi connectivity index (χ1v) is 7.50. The molecule has 0 aromatic heterocycles. The van der Waals surface area contributed by atoms with Gasteiger partial charge in [-0.3, -0.25) is 0 Å². The number of nitrogens with one attached hydrogen (secondary N) is 2. The highest BCUT2D eigenvalue weighted by atomic mass is 16.5. The number of urea groups is 1. The zero-order chi connectivity index (χ0) is 15.8. The van der Waals surface area contributed by atoms with Crippen LogP contribution in [0.2, 0.25) is 0 Å². The Hall–Kier alpha value is -1.30. The molecular weight excluding hydrogens is 272 g/mol. The molecule has 2 rings (SSSR count). The summed E-state index contributed by atoms with van der Waals surface area (Å²) in [6.45, 7) is 6.62. The smallest absolute Gasteiger partial charge is 0.334 e. The summed E-state index contributed by atoms with van der Waals surface area (Å²) >= 11 is 0. The van der Waals surface area contributed by atoms with E-state index in [0.29, 0.717) is 5.92 Å². The summed E-state index contributed by atoms with van der Waals surface area (Å²) in [5.74, 6) is -0.427. The second kappa shape index (κ2) is 5.48. The third kappa shape index (κ3) is 2.86. The van der Waals surface area contributed by atoms with E-state index in [0.717, 1.165) is 12.8 Å². The summed E-state index contributed by atoms with van der Waals surface area (Å²) in [7, 11) is 1.32. The topological polar surface area (TPSA) is 87.7 Å². The predicted octanol–water partition coefficient (Wildman–Crippen LogP) is 1.60. The predicted molar refractivity (Wildman–Crippen MR) is 78.0 cm³/mol. The molecule has 0 aromatic carbocycles. The molecule has 0 radical (unpaired) electrons. The first-order chi connectivity index (χ1) is 9.70. The van der Waals surface area contributed by atoms with Crippen LogP contribution in [0.3, 0.4) is 0 Å². The number of aliphatic carboxylic acids is 1. The Morgan fingerprint density at radius 2 is 2.05 bits per heavy atom. The highest BCUT2D eigenvalue weighted by Gasteiger charge is 2.59. The maximum atomic E-state index is 12.1. The van der Waals surface area contributed by atoms with Crippen molar-refractivity contribution in [3.8, 4) is 0 Å². The molecule has 2 saturated carbocycles. The number of ether oxygens (including phenoxy) is 1. The van der Waals surface area contributed by atoms with Gasteiger partial charge in [-0.25, -0.2) is 9.59 Å². The number of carbonyl (C=O) groups is 2. The van der Waals surface area contributed by atoms with Gasteiger partial charge >= 0.3 is 12.0 Å². The van der Waals surface area contributed by atoms with E-state index >= 15 is 0 Å². The summed E-state index contributed by atoms with van der Waals surface area (Å²) in [5, 5.41) is 14.5. The number of hydrogen-bond donors (Lipinski definition) is 3. The Bertz CT molecular complexity index is 433. The summed E-state index contributed by atoms with van der Waals surface area (Å²) < 4.78 is 4.80. The van der Waals surface area contributed by atoms with Gasteiger partial charge in [-0.2, -0.15) is 0 Å². The summed E-state index contributed by atoms with van der Waals surface area (Å²) in [5.41, 5.74) is 0.233. The highest BCUT2D eigenvalue weighted by molar-refractivity contribution is 5.77. The highest BCUT2D eigenvalue weighted by Crippen LogP contribution is 2.62. The van der Waals surface area contributed by atoms with Crippen LogP contribution in [-0.2, 0) is 9.53 Å². The van der Waals surface area contributed by atoms with Gasteiger partial charge < -0.3 is 20.5 Å². The van der Waals surface area contributed by atoms with E-state index in [2.05, 4.69) is 31.4 Å². The van der Waals surface area contributed by atoms with Gasteiger partial charge in [-0.1, -0.05) is 20.8 Å². The van der Waals surface area contributed by atoms with Crippen molar-refractivity contribution in [3.05, 3.63) is 0 Å². The molecule has 6 heteroatoms. The Kier molecular flexibility index (Phi) is 4.19. The van der Waals surface area contributed by atoms with Crippen LogP contribution in [0.1, 0.15) is 40.0 Å². The number of rotatable bonds is 5. The average molecular weight is 298 g/mol. The maximum Gasteiger partial charge on any atom is 0.334 e. The molecule has 0 saturated heterocycles. The van der Waals surface area contributed by atoms with Crippen molar-refractivity contribution in [2.24, 2.45) is 16.7 Å². The van der Waals surface area contributed by atoms with Gasteiger partial charge in [-0.15, -0.1) is 0 Å². The van der Waals surface area contributed by atoms with Crippen molar-refractivity contribution in [3.63, 3.8) is 0 Å². The quantitative estimate of drug-likeness (QED) is 0.719. The van der Waals surface area contributed by atoms with Gasteiger partial charge in [-0.05, 0) is 36.0 Å². The third-order valence-corrected chi connectivity index (χ3v) is 5.55. The molecule has 4 atom stereocenters. The number of methoxy groups -OCH3 is 1. The normalized spacial score (nSPS) is 34.5. The van der Waals surface area contributed by atoms with Gasteiger partial charge in [0.05, 0.1) is 6.54 Å². The first-order valence-electron chi connectivity index (χ1n) is 7.50. The van der Waals surface area contributed by atoms with E-state index in [1.54, 1.807) is 0 Å². The van der Waals surface area contributed by atoms with E-state index < -0.39 is 12.1 Å². The lowest BCUT2D eigenvalue weighted by molar-refractivity contribution is -0.148. The standard InChI is InChI=1S/C15H26N2O4/c1-14(2)9-5-6-15(3,7-9)12(14)17-13(20)16-8-10(21-4)11(18)19/h9-10,12H,5-8H2,1-4H3,(H,18,19)(H2,16,17,20). The van der Waals surface area contributed by atoms with Crippen LogP contribution in [0, 0.1) is 16.7 Å². The van der Waals surface area contributed by atoms with Gasteiger partial charge in [0.1, 0.15) is 0 Å². The number of carboxylic acid groups (broad SMARTS) is 1. The zero-order valence-corrected chi connectivity index (χ0v) is 13.2. The van der Waals surface area contributed by atoms with Crippen LogP contribution in [-0.4, -0.2) is 42.9 Å². The van der Waals surface area contributed by atoms with Crippen LogP contribution in [0.15, 0.2) is 0 Å². The Morgan fingerprint density at radius 3 is 2.52 bits per heavy atom. The molecule has 6 nitrogen and oxygen atoms in total. The summed E-state index contributed by atoms with van der Waals surface area (Å²) in [6, 6.07) is -0.195. The minimum Gasteiger partial charge on any atom is -0.479 e. The number of hydrogen-bond acceptors (Lipinski definition) is 3. The van der Waals surface area contributed by atoms with Crippen LogP contribution >= 0.6 is 0 Å². The van der Waals surface area contributed by atoms with E-state index in [1.165, 1.54) is 13.5 Å². The molecule has 0 aromatic rings. The van der Waals surface area contributed by atoms with Crippen LogP contribution in [0.4, 0.5) is 4.79 Å².